The van der Waals surface area contributed by atoms with Crippen LogP contribution in [-0.4, -0.2) is 39.1 Å². The van der Waals surface area contributed by atoms with Gasteiger partial charge in [-0.1, -0.05) is 13.0 Å². The highest BCUT2D eigenvalue weighted by molar-refractivity contribution is 5.88. The second-order valence-electron chi connectivity index (χ2n) is 2.88. The van der Waals surface area contributed by atoms with Crippen LogP contribution in [0.4, 0.5) is 0 Å². The van der Waals surface area contributed by atoms with Crippen molar-refractivity contribution in [3.8, 4) is 0 Å². The van der Waals surface area contributed by atoms with Crippen LogP contribution in [0.2, 0.25) is 0 Å². The Morgan fingerprint density at radius 2 is 2.07 bits per heavy atom. The molecule has 0 aromatic carbocycles. The fraction of sp³-hybridized carbons (Fsp3) is 0.600. The van der Waals surface area contributed by atoms with Crippen molar-refractivity contribution in [2.45, 2.75) is 13.3 Å². The molecule has 0 saturated carbocycles. The van der Waals surface area contributed by atoms with E-state index in [9.17, 15) is 9.59 Å². The monoisotopic (exact) mass is 214 g/mol. The van der Waals surface area contributed by atoms with Gasteiger partial charge in [0.15, 0.2) is 0 Å². The van der Waals surface area contributed by atoms with Crippen molar-refractivity contribution in [3.63, 3.8) is 0 Å². The zero-order valence-corrected chi connectivity index (χ0v) is 9.42. The molecule has 15 heavy (non-hydrogen) atoms. The summed E-state index contributed by atoms with van der Waals surface area (Å²) in [5.41, 5.74) is 0.613. The predicted molar refractivity (Wildman–Crippen MR) is 57.3 cm³/mol. The number of carbonyl (C=O) groups excluding carboxylic acids is 2. The zero-order chi connectivity index (χ0) is 11.7. The summed E-state index contributed by atoms with van der Waals surface area (Å²) in [5, 5.41) is 5.37. The van der Waals surface area contributed by atoms with Crippen molar-refractivity contribution in [1.82, 2.24) is 10.6 Å². The lowest BCUT2D eigenvalue weighted by Gasteiger charge is -2.03. The normalized spacial score (nSPS) is 11.0. The Morgan fingerprint density at radius 1 is 1.40 bits per heavy atom. The summed E-state index contributed by atoms with van der Waals surface area (Å²) in [6, 6.07) is 0. The van der Waals surface area contributed by atoms with Gasteiger partial charge in [-0.15, -0.1) is 0 Å². The molecule has 0 rings (SSSR count). The Bertz CT molecular complexity index is 249. The van der Waals surface area contributed by atoms with E-state index in [1.165, 1.54) is 7.11 Å². The maximum Gasteiger partial charge on any atom is 0.333 e. The van der Waals surface area contributed by atoms with Gasteiger partial charge >= 0.3 is 5.97 Å². The highest BCUT2D eigenvalue weighted by atomic mass is 16.5. The molecule has 0 spiro atoms. The summed E-state index contributed by atoms with van der Waals surface area (Å²) in [6.45, 7) is 2.60. The first-order valence-corrected chi connectivity index (χ1v) is 4.84. The molecule has 0 heterocycles. The second-order valence-corrected chi connectivity index (χ2v) is 2.88. The van der Waals surface area contributed by atoms with Gasteiger partial charge in [-0.05, 0) is 6.42 Å². The number of likely N-dealkylation sites (N-methyl/N-ethyl adjacent to an activating group) is 1. The third-order valence-electron chi connectivity index (χ3n) is 1.89. The van der Waals surface area contributed by atoms with Crippen LogP contribution in [0.5, 0.6) is 0 Å². The summed E-state index contributed by atoms with van der Waals surface area (Å²) in [4.78, 5) is 22.0. The number of hydrogen-bond donors (Lipinski definition) is 2. The molecule has 0 saturated heterocycles. The number of esters is 1. The molecule has 86 valence electrons. The van der Waals surface area contributed by atoms with Crippen LogP contribution in [0.3, 0.4) is 0 Å². The van der Waals surface area contributed by atoms with E-state index in [1.54, 1.807) is 13.1 Å². The molecule has 0 atom stereocenters. The standard InChI is InChI=1S/C10H18N2O3/c1-4-8(10(14)15-3)5-6-12-7-9(13)11-2/h5,12H,4,6-7H2,1-3H3,(H,11,13). The fourth-order valence-corrected chi connectivity index (χ4v) is 0.973. The van der Waals surface area contributed by atoms with Crippen LogP contribution in [0.1, 0.15) is 13.3 Å². The Kier molecular flexibility index (Phi) is 7.27. The molecule has 0 unspecified atom stereocenters. The van der Waals surface area contributed by atoms with E-state index in [1.807, 2.05) is 6.92 Å². The summed E-state index contributed by atoms with van der Waals surface area (Å²) in [5.74, 6) is -0.404. The van der Waals surface area contributed by atoms with Gasteiger partial charge in [-0.2, -0.15) is 0 Å². The van der Waals surface area contributed by atoms with E-state index in [2.05, 4.69) is 15.4 Å². The summed E-state index contributed by atoms with van der Waals surface area (Å²) in [7, 11) is 2.93. The highest BCUT2D eigenvalue weighted by Gasteiger charge is 2.05. The molecule has 1 amide bonds. The molecule has 0 aliphatic rings. The average molecular weight is 214 g/mol. The van der Waals surface area contributed by atoms with Gasteiger partial charge < -0.3 is 15.4 Å². The molecule has 0 aliphatic heterocycles. The lowest BCUT2D eigenvalue weighted by atomic mass is 10.2. The van der Waals surface area contributed by atoms with Gasteiger partial charge in [0.05, 0.1) is 13.7 Å². The summed E-state index contributed by atoms with van der Waals surface area (Å²) < 4.78 is 4.59. The largest absolute Gasteiger partial charge is 0.466 e. The first kappa shape index (κ1) is 13.6. The third kappa shape index (κ3) is 5.85. The lowest BCUT2D eigenvalue weighted by Crippen LogP contribution is -2.31. The van der Waals surface area contributed by atoms with Crippen molar-refractivity contribution >= 4 is 11.9 Å². The minimum Gasteiger partial charge on any atom is -0.466 e. The van der Waals surface area contributed by atoms with Gasteiger partial charge in [-0.3, -0.25) is 4.79 Å². The Morgan fingerprint density at radius 3 is 2.53 bits per heavy atom. The minimum absolute atomic E-state index is 0.0838. The third-order valence-corrected chi connectivity index (χ3v) is 1.89. The van der Waals surface area contributed by atoms with E-state index in [0.717, 1.165) is 0 Å². The van der Waals surface area contributed by atoms with Crippen molar-refractivity contribution in [1.29, 1.82) is 0 Å². The van der Waals surface area contributed by atoms with Gasteiger partial charge in [-0.25, -0.2) is 4.79 Å². The lowest BCUT2D eigenvalue weighted by molar-refractivity contribution is -0.136. The molecule has 0 bridgehead atoms. The van der Waals surface area contributed by atoms with E-state index >= 15 is 0 Å². The van der Waals surface area contributed by atoms with E-state index in [-0.39, 0.29) is 18.4 Å². The maximum absolute atomic E-state index is 11.1. The van der Waals surface area contributed by atoms with Gasteiger partial charge in [0.25, 0.3) is 0 Å². The minimum atomic E-state index is -0.320. The summed E-state index contributed by atoms with van der Waals surface area (Å²) in [6.07, 6.45) is 2.35. The molecule has 0 aromatic heterocycles. The molecule has 0 fully saturated rings. The smallest absolute Gasteiger partial charge is 0.333 e. The second kappa shape index (κ2) is 7.99. The van der Waals surface area contributed by atoms with E-state index in [4.69, 9.17) is 0 Å². The molecule has 0 aromatic rings. The van der Waals surface area contributed by atoms with Gasteiger partial charge in [0.2, 0.25) is 5.91 Å². The fourth-order valence-electron chi connectivity index (χ4n) is 0.973. The molecule has 0 radical (unpaired) electrons. The van der Waals surface area contributed by atoms with E-state index in [0.29, 0.717) is 18.5 Å². The zero-order valence-electron chi connectivity index (χ0n) is 9.42. The van der Waals surface area contributed by atoms with Crippen LogP contribution in [0, 0.1) is 0 Å². The highest BCUT2D eigenvalue weighted by Crippen LogP contribution is 2.01. The van der Waals surface area contributed by atoms with Crippen molar-refractivity contribution in [3.05, 3.63) is 11.6 Å². The first-order chi connectivity index (χ1) is 7.15. The molecule has 2 N–H and O–H groups in total. The average Bonchev–Trinajstić information content (AvgIpc) is 2.27. The van der Waals surface area contributed by atoms with Crippen LogP contribution in [0.25, 0.3) is 0 Å². The number of rotatable bonds is 6. The first-order valence-electron chi connectivity index (χ1n) is 4.84. The van der Waals surface area contributed by atoms with Crippen LogP contribution < -0.4 is 10.6 Å². The number of hydrogen-bond acceptors (Lipinski definition) is 4. The van der Waals surface area contributed by atoms with Crippen molar-refractivity contribution in [2.75, 3.05) is 27.2 Å². The number of amides is 1. The van der Waals surface area contributed by atoms with Crippen LogP contribution in [0.15, 0.2) is 11.6 Å². The number of methoxy groups -OCH3 is 1. The molecular formula is C10H18N2O3. The molecule has 5 nitrogen and oxygen atoms in total. The number of carbonyl (C=O) groups is 2. The van der Waals surface area contributed by atoms with Crippen molar-refractivity contribution in [2.24, 2.45) is 0 Å². The van der Waals surface area contributed by atoms with Crippen molar-refractivity contribution < 1.29 is 14.3 Å². The SMILES string of the molecule is CCC(=CCNCC(=O)NC)C(=O)OC. The van der Waals surface area contributed by atoms with Crippen LogP contribution >= 0.6 is 0 Å². The molecule has 5 heteroatoms. The predicted octanol–water partition coefficient (Wildman–Crippen LogP) is -0.169. The Hall–Kier alpha value is -1.36. The Labute approximate surface area is 89.9 Å². The van der Waals surface area contributed by atoms with Crippen LogP contribution in [-0.2, 0) is 14.3 Å². The van der Waals surface area contributed by atoms with Gasteiger partial charge in [0.1, 0.15) is 0 Å². The Balaban J connectivity index is 3.92. The van der Waals surface area contributed by atoms with E-state index < -0.39 is 0 Å². The topological polar surface area (TPSA) is 67.4 Å². The van der Waals surface area contributed by atoms with Gasteiger partial charge in [0, 0.05) is 19.2 Å². The number of nitrogens with one attached hydrogen (secondary N) is 2. The number of ether oxygens (including phenoxy) is 1. The molecular weight excluding hydrogens is 196 g/mol. The maximum atomic E-state index is 11.1. The molecule has 0 aliphatic carbocycles. The summed E-state index contributed by atoms with van der Waals surface area (Å²) >= 11 is 0. The quantitative estimate of drug-likeness (QED) is 0.366.